The number of likely N-dealkylation sites (N-methyl/N-ethyl adjacent to an activating group) is 1. The van der Waals surface area contributed by atoms with Gasteiger partial charge in [0.15, 0.2) is 11.5 Å². The normalized spacial score (nSPS) is 10.4. The highest BCUT2D eigenvalue weighted by molar-refractivity contribution is 5.90. The molecule has 1 amide bonds. The Labute approximate surface area is 192 Å². The van der Waals surface area contributed by atoms with Gasteiger partial charge in [0, 0.05) is 32.8 Å². The van der Waals surface area contributed by atoms with Crippen LogP contribution in [0.3, 0.4) is 0 Å². The van der Waals surface area contributed by atoms with Crippen LogP contribution in [0.15, 0.2) is 60.8 Å². The molecule has 0 unspecified atom stereocenters. The fourth-order valence-electron chi connectivity index (χ4n) is 2.96. The number of anilines is 1. The fraction of sp³-hybridized carbons (Fsp3) is 0.250. The van der Waals surface area contributed by atoms with E-state index in [4.69, 9.17) is 9.47 Å². The van der Waals surface area contributed by atoms with Crippen LogP contribution in [0.2, 0.25) is 0 Å². The van der Waals surface area contributed by atoms with E-state index in [1.54, 1.807) is 14.2 Å². The summed E-state index contributed by atoms with van der Waals surface area (Å²) in [6.45, 7) is 0.900. The Morgan fingerprint density at radius 1 is 1.06 bits per heavy atom. The molecule has 33 heavy (non-hydrogen) atoms. The van der Waals surface area contributed by atoms with E-state index < -0.39 is 12.1 Å². The van der Waals surface area contributed by atoms with E-state index in [2.05, 4.69) is 15.3 Å². The van der Waals surface area contributed by atoms with Crippen molar-refractivity contribution in [3.8, 4) is 5.75 Å². The Balaban J connectivity index is 1.58. The number of carbonyl (C=O) groups excluding carboxylic acids is 1. The quantitative estimate of drug-likeness (QED) is 0.482. The summed E-state index contributed by atoms with van der Waals surface area (Å²) in [5.41, 5.74) is 2.23. The Bertz CT molecular complexity index is 1070. The third-order valence-corrected chi connectivity index (χ3v) is 4.86. The number of aromatic carboxylic acids is 1. The molecule has 0 aliphatic rings. The van der Waals surface area contributed by atoms with Gasteiger partial charge in [0.05, 0.1) is 12.8 Å². The summed E-state index contributed by atoms with van der Waals surface area (Å²) in [6.07, 6.45) is 1.35. The van der Waals surface area contributed by atoms with Crippen LogP contribution in [-0.4, -0.2) is 52.7 Å². The van der Waals surface area contributed by atoms with Gasteiger partial charge in [-0.2, -0.15) is 0 Å². The fourth-order valence-corrected chi connectivity index (χ4v) is 2.96. The average molecular weight is 450 g/mol. The van der Waals surface area contributed by atoms with Crippen molar-refractivity contribution in [1.82, 2.24) is 14.9 Å². The van der Waals surface area contributed by atoms with E-state index in [0.29, 0.717) is 25.2 Å². The molecule has 0 aliphatic carbocycles. The number of nitrogens with one attached hydrogen (secondary N) is 1. The molecule has 172 valence electrons. The van der Waals surface area contributed by atoms with Crippen LogP contribution in [-0.2, 0) is 24.3 Å². The number of aromatic nitrogens is 2. The predicted octanol–water partition coefficient (Wildman–Crippen LogP) is 3.61. The lowest BCUT2D eigenvalue weighted by Crippen LogP contribution is -2.29. The van der Waals surface area contributed by atoms with Crippen LogP contribution in [0.1, 0.15) is 27.3 Å². The van der Waals surface area contributed by atoms with Crippen LogP contribution in [0.5, 0.6) is 5.75 Å². The summed E-state index contributed by atoms with van der Waals surface area (Å²) >= 11 is 0. The van der Waals surface area contributed by atoms with Crippen molar-refractivity contribution in [3.05, 3.63) is 83.3 Å². The number of carboxylic acid groups (broad SMARTS) is 1. The first-order valence-electron chi connectivity index (χ1n) is 10.3. The zero-order chi connectivity index (χ0) is 23.6. The molecular weight excluding hydrogens is 424 g/mol. The summed E-state index contributed by atoms with van der Waals surface area (Å²) in [4.78, 5) is 33.7. The monoisotopic (exact) mass is 450 g/mol. The SMILES string of the molecule is COc1ccc(CNc2nc(CCN(C)C(=O)OCc3ccccc3)cnc2C(=O)O)cc1. The Hall–Kier alpha value is -4.14. The summed E-state index contributed by atoms with van der Waals surface area (Å²) in [6, 6.07) is 16.8. The zero-order valence-electron chi connectivity index (χ0n) is 18.5. The van der Waals surface area contributed by atoms with Crippen molar-refractivity contribution < 1.29 is 24.2 Å². The van der Waals surface area contributed by atoms with Crippen molar-refractivity contribution in [1.29, 1.82) is 0 Å². The van der Waals surface area contributed by atoms with Gasteiger partial charge in [-0.15, -0.1) is 0 Å². The number of carboxylic acids is 1. The second-order valence-corrected chi connectivity index (χ2v) is 7.28. The molecule has 0 fully saturated rings. The van der Waals surface area contributed by atoms with Gasteiger partial charge in [-0.3, -0.25) is 0 Å². The van der Waals surface area contributed by atoms with Gasteiger partial charge < -0.3 is 24.8 Å². The smallest absolute Gasteiger partial charge is 0.409 e. The second kappa shape index (κ2) is 11.5. The summed E-state index contributed by atoms with van der Waals surface area (Å²) in [5, 5.41) is 12.5. The number of ether oxygens (including phenoxy) is 2. The van der Waals surface area contributed by atoms with Crippen LogP contribution in [0, 0.1) is 0 Å². The summed E-state index contributed by atoms with van der Waals surface area (Å²) < 4.78 is 10.5. The number of hydrogen-bond acceptors (Lipinski definition) is 7. The van der Waals surface area contributed by atoms with Gasteiger partial charge in [-0.25, -0.2) is 19.6 Å². The minimum Gasteiger partial charge on any atom is -0.497 e. The molecule has 2 N–H and O–H groups in total. The molecule has 0 saturated carbocycles. The number of benzene rings is 2. The van der Waals surface area contributed by atoms with Crippen LogP contribution in [0.25, 0.3) is 0 Å². The molecule has 1 heterocycles. The van der Waals surface area contributed by atoms with Gasteiger partial charge in [-0.1, -0.05) is 42.5 Å². The first-order chi connectivity index (χ1) is 16.0. The molecule has 0 radical (unpaired) electrons. The van der Waals surface area contributed by atoms with Crippen LogP contribution >= 0.6 is 0 Å². The molecule has 0 spiro atoms. The Morgan fingerprint density at radius 2 is 1.79 bits per heavy atom. The molecule has 0 saturated heterocycles. The lowest BCUT2D eigenvalue weighted by Gasteiger charge is -2.17. The maximum atomic E-state index is 12.2. The van der Waals surface area contributed by atoms with Crippen LogP contribution < -0.4 is 10.1 Å². The van der Waals surface area contributed by atoms with Gasteiger partial charge >= 0.3 is 12.1 Å². The molecule has 0 bridgehead atoms. The maximum Gasteiger partial charge on any atom is 0.409 e. The van der Waals surface area contributed by atoms with E-state index in [9.17, 15) is 14.7 Å². The van der Waals surface area contributed by atoms with E-state index >= 15 is 0 Å². The number of carbonyl (C=O) groups is 2. The topological polar surface area (TPSA) is 114 Å². The average Bonchev–Trinajstić information content (AvgIpc) is 2.85. The molecule has 3 rings (SSSR count). The second-order valence-electron chi connectivity index (χ2n) is 7.28. The number of nitrogens with zero attached hydrogens (tertiary/aromatic N) is 3. The van der Waals surface area contributed by atoms with E-state index in [-0.39, 0.29) is 18.1 Å². The Morgan fingerprint density at radius 3 is 2.45 bits per heavy atom. The molecule has 9 heteroatoms. The first-order valence-corrected chi connectivity index (χ1v) is 10.3. The van der Waals surface area contributed by atoms with E-state index in [1.165, 1.54) is 11.1 Å². The van der Waals surface area contributed by atoms with E-state index in [1.807, 2.05) is 54.6 Å². The van der Waals surface area contributed by atoms with Crippen molar-refractivity contribution in [2.24, 2.45) is 0 Å². The Kier molecular flexibility index (Phi) is 8.18. The highest BCUT2D eigenvalue weighted by Gasteiger charge is 2.16. The minimum atomic E-state index is -1.17. The number of amides is 1. The van der Waals surface area contributed by atoms with Crippen molar-refractivity contribution in [3.63, 3.8) is 0 Å². The number of rotatable bonds is 10. The highest BCUT2D eigenvalue weighted by atomic mass is 16.6. The molecule has 2 aromatic carbocycles. The van der Waals surface area contributed by atoms with Gasteiger partial charge in [0.2, 0.25) is 0 Å². The largest absolute Gasteiger partial charge is 0.497 e. The third kappa shape index (κ3) is 6.93. The molecular formula is C24H26N4O5. The van der Waals surface area contributed by atoms with Crippen molar-refractivity contribution in [2.75, 3.05) is 26.0 Å². The minimum absolute atomic E-state index is 0.164. The van der Waals surface area contributed by atoms with Gasteiger partial charge in [0.1, 0.15) is 12.4 Å². The molecule has 0 atom stereocenters. The van der Waals surface area contributed by atoms with Crippen molar-refractivity contribution >= 4 is 17.9 Å². The molecule has 1 aromatic heterocycles. The first kappa shape index (κ1) is 23.5. The standard InChI is InChI=1S/C24H26N4O5/c1-28(24(31)33-16-18-6-4-3-5-7-18)13-12-19-15-25-21(23(29)30)22(27-19)26-14-17-8-10-20(32-2)11-9-17/h3-11,15H,12-14,16H2,1-2H3,(H,26,27)(H,29,30). The summed E-state index contributed by atoms with van der Waals surface area (Å²) in [7, 11) is 3.23. The highest BCUT2D eigenvalue weighted by Crippen LogP contribution is 2.15. The van der Waals surface area contributed by atoms with E-state index in [0.717, 1.165) is 16.9 Å². The number of methoxy groups -OCH3 is 1. The summed E-state index contributed by atoms with van der Waals surface area (Å²) in [5.74, 6) is -0.267. The van der Waals surface area contributed by atoms with Gasteiger partial charge in [0.25, 0.3) is 0 Å². The van der Waals surface area contributed by atoms with Crippen molar-refractivity contribution in [2.45, 2.75) is 19.6 Å². The predicted molar refractivity (Wildman–Crippen MR) is 122 cm³/mol. The van der Waals surface area contributed by atoms with Gasteiger partial charge in [-0.05, 0) is 23.3 Å². The van der Waals surface area contributed by atoms with Crippen LogP contribution in [0.4, 0.5) is 10.6 Å². The number of hydrogen-bond donors (Lipinski definition) is 2. The molecule has 0 aliphatic heterocycles. The maximum absolute atomic E-state index is 12.2. The molecule has 9 nitrogen and oxygen atoms in total. The zero-order valence-corrected chi connectivity index (χ0v) is 18.5. The lowest BCUT2D eigenvalue weighted by molar-refractivity contribution is 0.0691. The molecule has 3 aromatic rings. The lowest BCUT2D eigenvalue weighted by atomic mass is 10.2. The third-order valence-electron chi connectivity index (χ3n) is 4.86.